The Kier molecular flexibility index (Phi) is 5.32. The summed E-state index contributed by atoms with van der Waals surface area (Å²) in [5.41, 5.74) is 1.54. The van der Waals surface area contributed by atoms with E-state index in [0.717, 1.165) is 23.3 Å². The maximum absolute atomic E-state index is 13.3. The number of imide groups is 1. The van der Waals surface area contributed by atoms with E-state index in [2.05, 4.69) is 0 Å². The molecule has 2 aromatic carbocycles. The molecule has 3 heterocycles. The van der Waals surface area contributed by atoms with Gasteiger partial charge in [-0.3, -0.25) is 24.1 Å². The normalized spacial score (nSPS) is 23.3. The molecular weight excluding hydrogens is 418 g/mol. The lowest BCUT2D eigenvalue weighted by Crippen LogP contribution is -2.74. The van der Waals surface area contributed by atoms with Crippen molar-refractivity contribution < 1.29 is 19.2 Å². The van der Waals surface area contributed by atoms with E-state index in [1.807, 2.05) is 42.5 Å². The predicted octanol–water partition coefficient (Wildman–Crippen LogP) is 2.59. The number of likely N-dealkylation sites (tertiary alicyclic amines) is 2. The van der Waals surface area contributed by atoms with Crippen LogP contribution in [0.5, 0.6) is 0 Å². The Morgan fingerprint density at radius 3 is 2.09 bits per heavy atom. The Hall–Kier alpha value is -3.74. The summed E-state index contributed by atoms with van der Waals surface area (Å²) in [6.45, 7) is 3.11. The van der Waals surface area contributed by atoms with Crippen molar-refractivity contribution >= 4 is 29.7 Å². The van der Waals surface area contributed by atoms with Crippen molar-refractivity contribution in [3.8, 4) is 0 Å². The van der Waals surface area contributed by atoms with Gasteiger partial charge in [0.1, 0.15) is 12.1 Å². The minimum Gasteiger partial charge on any atom is -0.341 e. The number of hydrogen-bond acceptors (Lipinski definition) is 4. The van der Waals surface area contributed by atoms with Gasteiger partial charge in [-0.05, 0) is 37.5 Å². The minimum atomic E-state index is -0.966. The van der Waals surface area contributed by atoms with Crippen LogP contribution in [0.15, 0.2) is 60.7 Å². The Labute approximate surface area is 192 Å². The fraction of sp³-hybridized carbons (Fsp3) is 0.308. The van der Waals surface area contributed by atoms with E-state index in [9.17, 15) is 19.2 Å². The molecule has 7 nitrogen and oxygen atoms in total. The van der Waals surface area contributed by atoms with E-state index in [4.69, 9.17) is 0 Å². The molecule has 0 aliphatic carbocycles. The van der Waals surface area contributed by atoms with Crippen molar-refractivity contribution in [1.82, 2.24) is 14.7 Å². The molecule has 3 aliphatic heterocycles. The van der Waals surface area contributed by atoms with E-state index in [1.54, 1.807) is 36.1 Å². The van der Waals surface area contributed by atoms with Gasteiger partial charge in [-0.2, -0.15) is 0 Å². The highest BCUT2D eigenvalue weighted by atomic mass is 16.2. The number of hydrogen-bond donors (Lipinski definition) is 0. The first-order chi connectivity index (χ1) is 16.0. The first kappa shape index (κ1) is 21.1. The summed E-state index contributed by atoms with van der Waals surface area (Å²) in [4.78, 5) is 56.9. The van der Waals surface area contributed by atoms with Crippen molar-refractivity contribution in [2.75, 3.05) is 13.1 Å². The highest BCUT2D eigenvalue weighted by molar-refractivity contribution is 6.23. The highest BCUT2D eigenvalue weighted by Crippen LogP contribution is 2.35. The van der Waals surface area contributed by atoms with Crippen LogP contribution in [0.1, 0.15) is 46.0 Å². The molecule has 168 valence electrons. The van der Waals surface area contributed by atoms with Crippen LogP contribution in [0.4, 0.5) is 0 Å². The van der Waals surface area contributed by atoms with Gasteiger partial charge < -0.3 is 9.80 Å². The van der Waals surface area contributed by atoms with Crippen LogP contribution >= 0.6 is 0 Å². The first-order valence-electron chi connectivity index (χ1n) is 11.3. The van der Waals surface area contributed by atoms with Gasteiger partial charge in [0.2, 0.25) is 11.8 Å². The predicted molar refractivity (Wildman–Crippen MR) is 122 cm³/mol. The third kappa shape index (κ3) is 3.44. The molecule has 2 unspecified atom stereocenters. The van der Waals surface area contributed by atoms with Crippen LogP contribution in [-0.4, -0.2) is 69.5 Å². The number of fused-ring (bicyclic) bond motifs is 1. The van der Waals surface area contributed by atoms with Crippen LogP contribution in [0, 0.1) is 0 Å². The molecule has 7 heteroatoms. The van der Waals surface area contributed by atoms with Gasteiger partial charge in [0.15, 0.2) is 0 Å². The molecule has 2 saturated heterocycles. The van der Waals surface area contributed by atoms with Crippen molar-refractivity contribution in [3.05, 3.63) is 77.4 Å². The summed E-state index contributed by atoms with van der Waals surface area (Å²) < 4.78 is 0. The largest absolute Gasteiger partial charge is 0.341 e. The van der Waals surface area contributed by atoms with Gasteiger partial charge in [0.25, 0.3) is 11.8 Å². The SMILES string of the molecule is C[C@@H](C(=O)N1CCCC1)N1C(=O)C(N2C(=O)c3ccccc3C2=O)C1C=Cc1ccccc1. The maximum Gasteiger partial charge on any atom is 0.262 e. The molecule has 0 N–H and O–H groups in total. The minimum absolute atomic E-state index is 0.0974. The van der Waals surface area contributed by atoms with Gasteiger partial charge in [0.05, 0.1) is 17.2 Å². The van der Waals surface area contributed by atoms with Gasteiger partial charge >= 0.3 is 0 Å². The number of nitrogens with zero attached hydrogens (tertiary/aromatic N) is 3. The fourth-order valence-electron chi connectivity index (χ4n) is 4.98. The van der Waals surface area contributed by atoms with E-state index in [0.29, 0.717) is 24.2 Å². The topological polar surface area (TPSA) is 78.0 Å². The quantitative estimate of drug-likeness (QED) is 0.526. The number of carbonyl (C=O) groups is 4. The average molecular weight is 444 g/mol. The van der Waals surface area contributed by atoms with Crippen molar-refractivity contribution in [3.63, 3.8) is 0 Å². The molecule has 0 spiro atoms. The molecule has 4 amide bonds. The van der Waals surface area contributed by atoms with Crippen LogP contribution in [-0.2, 0) is 9.59 Å². The third-order valence-corrected chi connectivity index (χ3v) is 6.73. The summed E-state index contributed by atoms with van der Waals surface area (Å²) in [5.74, 6) is -1.41. The van der Waals surface area contributed by atoms with Gasteiger partial charge in [-0.1, -0.05) is 54.6 Å². The maximum atomic E-state index is 13.3. The monoisotopic (exact) mass is 443 g/mol. The van der Waals surface area contributed by atoms with Gasteiger partial charge in [-0.15, -0.1) is 0 Å². The summed E-state index contributed by atoms with van der Waals surface area (Å²) in [5, 5.41) is 0. The van der Waals surface area contributed by atoms with E-state index >= 15 is 0 Å². The van der Waals surface area contributed by atoms with Crippen LogP contribution in [0.25, 0.3) is 6.08 Å². The number of benzene rings is 2. The van der Waals surface area contributed by atoms with Crippen LogP contribution in [0.2, 0.25) is 0 Å². The zero-order chi connectivity index (χ0) is 23.1. The van der Waals surface area contributed by atoms with Gasteiger partial charge in [0, 0.05) is 13.1 Å². The Bertz CT molecular complexity index is 1120. The zero-order valence-corrected chi connectivity index (χ0v) is 18.4. The molecule has 3 aliphatic rings. The molecule has 3 atom stereocenters. The first-order valence-corrected chi connectivity index (χ1v) is 11.3. The summed E-state index contributed by atoms with van der Waals surface area (Å²) in [7, 11) is 0. The van der Waals surface area contributed by atoms with E-state index in [1.165, 1.54) is 4.90 Å². The van der Waals surface area contributed by atoms with Crippen molar-refractivity contribution in [1.29, 1.82) is 0 Å². The Balaban J connectivity index is 1.46. The van der Waals surface area contributed by atoms with Crippen LogP contribution in [0.3, 0.4) is 0 Å². The van der Waals surface area contributed by atoms with Gasteiger partial charge in [-0.25, -0.2) is 0 Å². The standard InChI is InChI=1S/C26H25N3O4/c1-17(23(30)27-15-7-8-16-27)28-21(14-13-18-9-3-2-4-10-18)22(26(28)33)29-24(31)19-11-5-6-12-20(19)25(29)32/h2-6,9-14,17,21-22H,7-8,15-16H2,1H3/t17-,21?,22?/m0/s1. The Morgan fingerprint density at radius 1 is 0.909 bits per heavy atom. The number of amides is 4. The summed E-state index contributed by atoms with van der Waals surface area (Å²) in [6, 6.07) is 14.0. The lowest BCUT2D eigenvalue weighted by atomic mass is 9.89. The fourth-order valence-corrected chi connectivity index (χ4v) is 4.98. The second-order valence-corrected chi connectivity index (χ2v) is 8.68. The lowest BCUT2D eigenvalue weighted by Gasteiger charge is -2.51. The molecular formula is C26H25N3O4. The Morgan fingerprint density at radius 2 is 1.48 bits per heavy atom. The molecule has 2 fully saturated rings. The van der Waals surface area contributed by atoms with E-state index in [-0.39, 0.29) is 11.8 Å². The van der Waals surface area contributed by atoms with Crippen molar-refractivity contribution in [2.24, 2.45) is 0 Å². The molecule has 0 radical (unpaired) electrons. The highest BCUT2D eigenvalue weighted by Gasteiger charge is 2.57. The second kappa shape index (κ2) is 8.31. The number of β-lactam (4-membered cyclic amide) rings is 1. The number of carbonyl (C=O) groups excluding carboxylic acids is 4. The van der Waals surface area contributed by atoms with Crippen LogP contribution < -0.4 is 0 Å². The van der Waals surface area contributed by atoms with E-state index < -0.39 is 29.9 Å². The molecule has 5 rings (SSSR count). The molecule has 0 bridgehead atoms. The molecule has 33 heavy (non-hydrogen) atoms. The lowest BCUT2D eigenvalue weighted by molar-refractivity contribution is -0.162. The summed E-state index contributed by atoms with van der Waals surface area (Å²) >= 11 is 0. The molecule has 0 saturated carbocycles. The second-order valence-electron chi connectivity index (χ2n) is 8.68. The molecule has 0 aromatic heterocycles. The third-order valence-electron chi connectivity index (χ3n) is 6.73. The summed E-state index contributed by atoms with van der Waals surface area (Å²) in [6.07, 6.45) is 5.60. The number of rotatable bonds is 5. The van der Waals surface area contributed by atoms with Crippen molar-refractivity contribution in [2.45, 2.75) is 37.9 Å². The smallest absolute Gasteiger partial charge is 0.262 e. The average Bonchev–Trinajstić information content (AvgIpc) is 3.46. The zero-order valence-electron chi connectivity index (χ0n) is 18.4. The molecule has 2 aromatic rings.